The van der Waals surface area contributed by atoms with Crippen LogP contribution >= 0.6 is 12.4 Å². The molecule has 1 fully saturated rings. The first-order valence-corrected chi connectivity index (χ1v) is 8.86. The maximum atomic E-state index is 12.7. The number of para-hydroxylation sites is 2. The molecule has 1 saturated heterocycles. The van der Waals surface area contributed by atoms with Gasteiger partial charge in [-0.3, -0.25) is 4.79 Å². The van der Waals surface area contributed by atoms with Gasteiger partial charge in [0.25, 0.3) is 5.91 Å². The van der Waals surface area contributed by atoms with Gasteiger partial charge in [0, 0.05) is 0 Å². The van der Waals surface area contributed by atoms with Gasteiger partial charge in [-0.15, -0.1) is 17.5 Å². The fourth-order valence-corrected chi connectivity index (χ4v) is 3.04. The molecule has 1 aromatic heterocycles. The third-order valence-corrected chi connectivity index (χ3v) is 4.39. The Morgan fingerprint density at radius 2 is 2.08 bits per heavy atom. The van der Waals surface area contributed by atoms with Crippen LogP contribution in [0.15, 0.2) is 24.3 Å². The van der Waals surface area contributed by atoms with Gasteiger partial charge in [0.05, 0.1) is 24.0 Å². The molecule has 2 N–H and O–H groups in total. The van der Waals surface area contributed by atoms with E-state index in [1.165, 1.54) is 0 Å². The summed E-state index contributed by atoms with van der Waals surface area (Å²) in [5.74, 6) is 0.409. The van der Waals surface area contributed by atoms with Crippen LogP contribution in [0.2, 0.25) is 0 Å². The Hall–Kier alpha value is -2.12. The summed E-state index contributed by atoms with van der Waals surface area (Å²) in [4.78, 5) is 12.7. The van der Waals surface area contributed by atoms with Gasteiger partial charge in [-0.25, -0.2) is 4.68 Å². The highest BCUT2D eigenvalue weighted by Gasteiger charge is 2.23. The zero-order valence-corrected chi connectivity index (χ0v) is 16.0. The van der Waals surface area contributed by atoms with Crippen LogP contribution in [0.3, 0.4) is 0 Å². The molecule has 0 saturated carbocycles. The van der Waals surface area contributed by atoms with Crippen molar-refractivity contribution < 1.29 is 9.53 Å². The van der Waals surface area contributed by atoms with E-state index in [-0.39, 0.29) is 18.3 Å². The van der Waals surface area contributed by atoms with Crippen molar-refractivity contribution >= 4 is 24.0 Å². The predicted octanol–water partition coefficient (Wildman–Crippen LogP) is 2.97. The predicted molar refractivity (Wildman–Crippen MR) is 103 cm³/mol. The van der Waals surface area contributed by atoms with Crippen LogP contribution in [-0.2, 0) is 0 Å². The number of benzene rings is 1. The van der Waals surface area contributed by atoms with Crippen molar-refractivity contribution in [1.29, 1.82) is 0 Å². The number of nitrogens with one attached hydrogen (secondary N) is 2. The number of carbonyl (C=O) groups is 1. The molecular formula is C18H26ClN5O2. The molecule has 26 heavy (non-hydrogen) atoms. The van der Waals surface area contributed by atoms with Crippen molar-refractivity contribution in [2.24, 2.45) is 0 Å². The fourth-order valence-electron chi connectivity index (χ4n) is 3.04. The Kier molecular flexibility index (Phi) is 7.41. The molecule has 7 nitrogen and oxygen atoms in total. The van der Waals surface area contributed by atoms with Crippen molar-refractivity contribution in [3.8, 4) is 5.75 Å². The molecular weight excluding hydrogens is 354 g/mol. The topological polar surface area (TPSA) is 81.1 Å². The SMILES string of the molecule is CCCOc1ccccc1NC(=O)c1nnn(C2CCNCC2)c1C.Cl. The summed E-state index contributed by atoms with van der Waals surface area (Å²) in [6, 6.07) is 7.74. The number of nitrogens with zero attached hydrogens (tertiary/aromatic N) is 3. The van der Waals surface area contributed by atoms with Crippen LogP contribution in [0, 0.1) is 6.92 Å². The number of hydrogen-bond acceptors (Lipinski definition) is 5. The van der Waals surface area contributed by atoms with E-state index in [1.807, 2.05) is 42.8 Å². The van der Waals surface area contributed by atoms with E-state index in [0.29, 0.717) is 29.8 Å². The average molecular weight is 380 g/mol. The Bertz CT molecular complexity index is 728. The Labute approximate surface area is 159 Å². The summed E-state index contributed by atoms with van der Waals surface area (Å²) in [7, 11) is 0. The smallest absolute Gasteiger partial charge is 0.278 e. The highest BCUT2D eigenvalue weighted by molar-refractivity contribution is 6.04. The first-order valence-electron chi connectivity index (χ1n) is 8.86. The van der Waals surface area contributed by atoms with E-state index in [9.17, 15) is 4.79 Å². The van der Waals surface area contributed by atoms with E-state index >= 15 is 0 Å². The molecule has 0 radical (unpaired) electrons. The van der Waals surface area contributed by atoms with Crippen molar-refractivity contribution in [1.82, 2.24) is 20.3 Å². The number of ether oxygens (including phenoxy) is 1. The minimum atomic E-state index is -0.259. The summed E-state index contributed by atoms with van der Waals surface area (Å²) in [6.07, 6.45) is 2.91. The summed E-state index contributed by atoms with van der Waals surface area (Å²) >= 11 is 0. The standard InChI is InChI=1S/C18H25N5O2.ClH/c1-3-12-25-16-7-5-4-6-15(16)20-18(24)17-13(2)23(22-21-17)14-8-10-19-11-9-14;/h4-7,14,19H,3,8-12H2,1-2H3,(H,20,24);1H. The fraction of sp³-hybridized carbons (Fsp3) is 0.500. The van der Waals surface area contributed by atoms with E-state index in [0.717, 1.165) is 38.0 Å². The molecule has 1 aromatic carbocycles. The van der Waals surface area contributed by atoms with Crippen molar-refractivity contribution in [2.75, 3.05) is 25.0 Å². The van der Waals surface area contributed by atoms with E-state index in [4.69, 9.17) is 4.74 Å². The third kappa shape index (κ3) is 4.53. The maximum Gasteiger partial charge on any atom is 0.278 e. The minimum Gasteiger partial charge on any atom is -0.491 e. The number of rotatable bonds is 6. The highest BCUT2D eigenvalue weighted by atomic mass is 35.5. The van der Waals surface area contributed by atoms with E-state index in [1.54, 1.807) is 0 Å². The second-order valence-electron chi connectivity index (χ2n) is 6.25. The molecule has 0 aliphatic carbocycles. The second-order valence-corrected chi connectivity index (χ2v) is 6.25. The van der Waals surface area contributed by atoms with Crippen LogP contribution in [0.4, 0.5) is 5.69 Å². The summed E-state index contributed by atoms with van der Waals surface area (Å²) in [5, 5.41) is 14.6. The van der Waals surface area contributed by atoms with Gasteiger partial charge in [-0.05, 0) is 51.4 Å². The number of amides is 1. The van der Waals surface area contributed by atoms with Crippen molar-refractivity contribution in [2.45, 2.75) is 39.2 Å². The Morgan fingerprint density at radius 3 is 2.81 bits per heavy atom. The quantitative estimate of drug-likeness (QED) is 0.806. The number of hydrogen-bond donors (Lipinski definition) is 2. The lowest BCUT2D eigenvalue weighted by Gasteiger charge is -2.23. The van der Waals surface area contributed by atoms with Gasteiger partial charge in [0.2, 0.25) is 0 Å². The van der Waals surface area contributed by atoms with Crippen LogP contribution in [0.1, 0.15) is 48.4 Å². The summed E-state index contributed by atoms with van der Waals surface area (Å²) in [5.41, 5.74) is 1.82. The van der Waals surface area contributed by atoms with Gasteiger partial charge in [-0.1, -0.05) is 24.3 Å². The Morgan fingerprint density at radius 1 is 1.35 bits per heavy atom. The maximum absolute atomic E-state index is 12.7. The number of aromatic nitrogens is 3. The molecule has 2 aromatic rings. The zero-order valence-electron chi connectivity index (χ0n) is 15.2. The van der Waals surface area contributed by atoms with Crippen molar-refractivity contribution in [3.05, 3.63) is 35.7 Å². The molecule has 8 heteroatoms. The molecule has 3 rings (SSSR count). The number of anilines is 1. The lowest BCUT2D eigenvalue weighted by molar-refractivity contribution is 0.102. The molecule has 0 spiro atoms. The average Bonchev–Trinajstić information content (AvgIpc) is 3.03. The van der Waals surface area contributed by atoms with E-state index in [2.05, 4.69) is 20.9 Å². The lowest BCUT2D eigenvalue weighted by atomic mass is 10.1. The van der Waals surface area contributed by atoms with Crippen LogP contribution < -0.4 is 15.4 Å². The highest BCUT2D eigenvalue weighted by Crippen LogP contribution is 2.25. The molecule has 1 aliphatic rings. The number of carbonyl (C=O) groups excluding carboxylic acids is 1. The number of halogens is 1. The third-order valence-electron chi connectivity index (χ3n) is 4.39. The first kappa shape index (κ1) is 20.2. The lowest BCUT2D eigenvalue weighted by Crippen LogP contribution is -2.30. The monoisotopic (exact) mass is 379 g/mol. The minimum absolute atomic E-state index is 0. The van der Waals surface area contributed by atoms with Crippen LogP contribution in [0.5, 0.6) is 5.75 Å². The summed E-state index contributed by atoms with van der Waals surface area (Å²) < 4.78 is 7.57. The van der Waals surface area contributed by atoms with Crippen molar-refractivity contribution in [3.63, 3.8) is 0 Å². The molecule has 142 valence electrons. The van der Waals surface area contributed by atoms with E-state index < -0.39 is 0 Å². The molecule has 0 atom stereocenters. The van der Waals surface area contributed by atoms with Crippen LogP contribution in [-0.4, -0.2) is 40.6 Å². The van der Waals surface area contributed by atoms with Gasteiger partial charge in [0.1, 0.15) is 5.75 Å². The molecule has 1 amide bonds. The molecule has 1 aliphatic heterocycles. The van der Waals surface area contributed by atoms with Gasteiger partial charge >= 0.3 is 0 Å². The van der Waals surface area contributed by atoms with Gasteiger partial charge in [0.15, 0.2) is 5.69 Å². The Balaban J connectivity index is 0.00000243. The van der Waals surface area contributed by atoms with Crippen LogP contribution in [0.25, 0.3) is 0 Å². The molecule has 0 bridgehead atoms. The molecule has 0 unspecified atom stereocenters. The zero-order chi connectivity index (χ0) is 17.6. The number of piperidine rings is 1. The normalized spacial score (nSPS) is 14.5. The summed E-state index contributed by atoms with van der Waals surface area (Å²) in [6.45, 7) is 6.49. The second kappa shape index (κ2) is 9.54. The largest absolute Gasteiger partial charge is 0.491 e. The first-order chi connectivity index (χ1) is 12.2. The van der Waals surface area contributed by atoms with Gasteiger partial charge in [-0.2, -0.15) is 0 Å². The molecule has 2 heterocycles. The van der Waals surface area contributed by atoms with Gasteiger partial charge < -0.3 is 15.4 Å².